The van der Waals surface area contributed by atoms with E-state index in [9.17, 15) is 4.79 Å². The molecule has 4 rings (SSSR count). The molecular formula is C24H34N6O. The fourth-order valence-electron chi connectivity index (χ4n) is 4.56. The Kier molecular flexibility index (Phi) is 6.23. The molecule has 0 atom stereocenters. The van der Waals surface area contributed by atoms with Crippen LogP contribution >= 0.6 is 0 Å². The molecule has 7 heteroatoms. The van der Waals surface area contributed by atoms with Crippen LogP contribution in [0.5, 0.6) is 0 Å². The first-order valence-electron chi connectivity index (χ1n) is 11.5. The minimum absolute atomic E-state index is 0.00705. The molecule has 31 heavy (non-hydrogen) atoms. The summed E-state index contributed by atoms with van der Waals surface area (Å²) in [7, 11) is 0. The number of aryl methyl sites for hydroxylation is 1. The van der Waals surface area contributed by atoms with Gasteiger partial charge in [0.2, 0.25) is 0 Å². The van der Waals surface area contributed by atoms with Gasteiger partial charge < -0.3 is 4.98 Å². The number of nitrogens with zero attached hydrogens (tertiary/aromatic N) is 5. The van der Waals surface area contributed by atoms with Crippen LogP contribution in [0.3, 0.4) is 0 Å². The van der Waals surface area contributed by atoms with Crippen molar-refractivity contribution in [2.24, 2.45) is 0 Å². The molecule has 166 valence electrons. The van der Waals surface area contributed by atoms with Crippen molar-refractivity contribution in [1.29, 1.82) is 0 Å². The Hall–Kier alpha value is -2.54. The van der Waals surface area contributed by atoms with E-state index in [4.69, 9.17) is 0 Å². The standard InChI is InChI=1S/C24H34N6O/c1-5-24(3,4)30-22(26-27-28-30)16-29(20-9-7-6-8-10-20)15-19-14-18-12-11-17(2)13-21(18)25-23(19)31/h11-14,20H,5-10,15-16H2,1-4H3,(H,25,31). The van der Waals surface area contributed by atoms with Gasteiger partial charge in [0.1, 0.15) is 0 Å². The van der Waals surface area contributed by atoms with Gasteiger partial charge in [0.05, 0.1) is 12.1 Å². The van der Waals surface area contributed by atoms with E-state index in [0.29, 0.717) is 19.1 Å². The molecule has 0 spiro atoms. The number of pyridine rings is 1. The lowest BCUT2D eigenvalue weighted by atomic mass is 9.93. The average molecular weight is 423 g/mol. The van der Waals surface area contributed by atoms with Crippen molar-refractivity contribution < 1.29 is 0 Å². The summed E-state index contributed by atoms with van der Waals surface area (Å²) >= 11 is 0. The van der Waals surface area contributed by atoms with Crippen molar-refractivity contribution in [2.45, 2.75) is 90.9 Å². The highest BCUT2D eigenvalue weighted by molar-refractivity contribution is 5.79. The van der Waals surface area contributed by atoms with Crippen LogP contribution in [0.25, 0.3) is 10.9 Å². The topological polar surface area (TPSA) is 79.7 Å². The SMILES string of the molecule is CCC(C)(C)n1nnnc1CN(Cc1cc2ccc(C)cc2[nH]c1=O)C1CCCCC1. The number of hydrogen-bond donors (Lipinski definition) is 1. The van der Waals surface area contributed by atoms with Crippen LogP contribution in [0.1, 0.15) is 76.2 Å². The van der Waals surface area contributed by atoms with Crippen LogP contribution in [0, 0.1) is 6.92 Å². The number of aromatic nitrogens is 5. The van der Waals surface area contributed by atoms with Gasteiger partial charge >= 0.3 is 0 Å². The zero-order valence-electron chi connectivity index (χ0n) is 19.2. The average Bonchev–Trinajstić information content (AvgIpc) is 3.23. The summed E-state index contributed by atoms with van der Waals surface area (Å²) in [5.41, 5.74) is 2.69. The molecule has 2 heterocycles. The molecule has 1 aromatic carbocycles. The molecule has 2 aromatic heterocycles. The van der Waals surface area contributed by atoms with Crippen LogP contribution in [0.4, 0.5) is 0 Å². The van der Waals surface area contributed by atoms with E-state index in [-0.39, 0.29) is 11.1 Å². The summed E-state index contributed by atoms with van der Waals surface area (Å²) in [6, 6.07) is 8.68. The molecule has 0 aliphatic heterocycles. The molecule has 3 aromatic rings. The number of H-pyrrole nitrogens is 1. The van der Waals surface area contributed by atoms with Gasteiger partial charge in [0, 0.05) is 23.7 Å². The number of hydrogen-bond acceptors (Lipinski definition) is 5. The first-order chi connectivity index (χ1) is 14.9. The lowest BCUT2D eigenvalue weighted by molar-refractivity contribution is 0.129. The predicted molar refractivity (Wildman–Crippen MR) is 123 cm³/mol. The Labute approximate surface area is 183 Å². The molecule has 0 radical (unpaired) electrons. The highest BCUT2D eigenvalue weighted by atomic mass is 16.1. The lowest BCUT2D eigenvalue weighted by Crippen LogP contribution is -2.39. The molecule has 1 N–H and O–H groups in total. The molecule has 0 saturated heterocycles. The molecule has 0 bridgehead atoms. The van der Waals surface area contributed by atoms with Gasteiger partial charge in [-0.25, -0.2) is 4.68 Å². The van der Waals surface area contributed by atoms with Crippen LogP contribution in [-0.2, 0) is 18.6 Å². The van der Waals surface area contributed by atoms with Gasteiger partial charge in [-0.15, -0.1) is 5.10 Å². The van der Waals surface area contributed by atoms with Crippen molar-refractivity contribution in [3.63, 3.8) is 0 Å². The minimum atomic E-state index is -0.144. The molecule has 0 amide bonds. The molecule has 0 unspecified atom stereocenters. The Morgan fingerprint density at radius 2 is 1.94 bits per heavy atom. The van der Waals surface area contributed by atoms with Crippen molar-refractivity contribution in [1.82, 2.24) is 30.1 Å². The maximum absolute atomic E-state index is 12.9. The summed E-state index contributed by atoms with van der Waals surface area (Å²) in [5.74, 6) is 0.866. The van der Waals surface area contributed by atoms with E-state index in [1.807, 2.05) is 23.7 Å². The normalized spacial score (nSPS) is 15.8. The quantitative estimate of drug-likeness (QED) is 0.614. The molecule has 1 aliphatic carbocycles. The lowest BCUT2D eigenvalue weighted by Gasteiger charge is -2.34. The Morgan fingerprint density at radius 3 is 2.68 bits per heavy atom. The van der Waals surface area contributed by atoms with E-state index in [1.54, 1.807) is 0 Å². The van der Waals surface area contributed by atoms with Crippen molar-refractivity contribution in [3.8, 4) is 0 Å². The summed E-state index contributed by atoms with van der Waals surface area (Å²) in [4.78, 5) is 18.4. The Balaban J connectivity index is 1.66. The molecular weight excluding hydrogens is 388 g/mol. The summed E-state index contributed by atoms with van der Waals surface area (Å²) in [6.45, 7) is 9.76. The van der Waals surface area contributed by atoms with Crippen LogP contribution in [0.15, 0.2) is 29.1 Å². The van der Waals surface area contributed by atoms with E-state index >= 15 is 0 Å². The van der Waals surface area contributed by atoms with Crippen molar-refractivity contribution in [2.75, 3.05) is 0 Å². The van der Waals surface area contributed by atoms with Crippen LogP contribution in [-0.4, -0.2) is 36.1 Å². The first-order valence-corrected chi connectivity index (χ1v) is 11.5. The summed E-state index contributed by atoms with van der Waals surface area (Å²) in [5, 5.41) is 13.7. The van der Waals surface area contributed by atoms with E-state index < -0.39 is 0 Å². The first kappa shape index (κ1) is 21.7. The zero-order chi connectivity index (χ0) is 22.0. The smallest absolute Gasteiger partial charge is 0.252 e. The van der Waals surface area contributed by atoms with Gasteiger partial charge in [-0.1, -0.05) is 38.3 Å². The van der Waals surface area contributed by atoms with Gasteiger partial charge in [-0.3, -0.25) is 9.69 Å². The van der Waals surface area contributed by atoms with Gasteiger partial charge in [-0.2, -0.15) is 0 Å². The molecule has 1 aliphatic rings. The van der Waals surface area contributed by atoms with E-state index in [1.165, 1.54) is 19.3 Å². The Bertz CT molecular complexity index is 1090. The van der Waals surface area contributed by atoms with Crippen molar-refractivity contribution >= 4 is 10.9 Å². The molecule has 1 saturated carbocycles. The second-order valence-electron chi connectivity index (χ2n) is 9.58. The van der Waals surface area contributed by atoms with Crippen LogP contribution in [0.2, 0.25) is 0 Å². The highest BCUT2D eigenvalue weighted by Gasteiger charge is 2.28. The van der Waals surface area contributed by atoms with Gasteiger partial charge in [0.25, 0.3) is 5.56 Å². The third-order valence-corrected chi connectivity index (χ3v) is 6.86. The fraction of sp³-hybridized carbons (Fsp3) is 0.583. The van der Waals surface area contributed by atoms with E-state index in [0.717, 1.165) is 47.1 Å². The van der Waals surface area contributed by atoms with Gasteiger partial charge in [0.15, 0.2) is 5.82 Å². The molecule has 7 nitrogen and oxygen atoms in total. The molecule has 1 fully saturated rings. The fourth-order valence-corrected chi connectivity index (χ4v) is 4.56. The monoisotopic (exact) mass is 422 g/mol. The third kappa shape index (κ3) is 4.71. The third-order valence-electron chi connectivity index (χ3n) is 6.86. The van der Waals surface area contributed by atoms with Gasteiger partial charge in [-0.05, 0) is 73.5 Å². The largest absolute Gasteiger partial charge is 0.322 e. The number of fused-ring (bicyclic) bond motifs is 1. The number of benzene rings is 1. The number of nitrogens with one attached hydrogen (secondary N) is 1. The minimum Gasteiger partial charge on any atom is -0.322 e. The highest BCUT2D eigenvalue weighted by Crippen LogP contribution is 2.27. The number of aromatic amines is 1. The Morgan fingerprint density at radius 1 is 1.16 bits per heavy atom. The summed E-state index contributed by atoms with van der Waals surface area (Å²) in [6.07, 6.45) is 7.02. The van der Waals surface area contributed by atoms with Crippen LogP contribution < -0.4 is 5.56 Å². The maximum Gasteiger partial charge on any atom is 0.252 e. The van der Waals surface area contributed by atoms with Crippen molar-refractivity contribution in [3.05, 3.63) is 51.6 Å². The zero-order valence-corrected chi connectivity index (χ0v) is 19.2. The summed E-state index contributed by atoms with van der Waals surface area (Å²) < 4.78 is 1.95. The maximum atomic E-state index is 12.9. The second-order valence-corrected chi connectivity index (χ2v) is 9.58. The second kappa shape index (κ2) is 8.91. The number of tetrazole rings is 1. The predicted octanol–water partition coefficient (Wildman–Crippen LogP) is 4.30. The number of rotatable bonds is 7. The van der Waals surface area contributed by atoms with E-state index in [2.05, 4.69) is 58.3 Å².